The van der Waals surface area contributed by atoms with Gasteiger partial charge in [0.2, 0.25) is 0 Å². The largest absolute Gasteiger partial charge is 0.193 e. The SMILES string of the molecule is C[C@H]1CC(C#N)=CCC1I. The van der Waals surface area contributed by atoms with E-state index in [0.29, 0.717) is 5.92 Å². The number of nitrogens with zero attached hydrogens (tertiary/aromatic N) is 1. The zero-order valence-electron chi connectivity index (χ0n) is 5.97. The molecule has 0 saturated carbocycles. The molecular weight excluding hydrogens is 237 g/mol. The third kappa shape index (κ3) is 1.72. The van der Waals surface area contributed by atoms with Gasteiger partial charge >= 0.3 is 0 Å². The first-order chi connectivity index (χ1) is 4.74. The summed E-state index contributed by atoms with van der Waals surface area (Å²) in [5.41, 5.74) is 0.973. The minimum Gasteiger partial charge on any atom is -0.193 e. The minimum absolute atomic E-state index is 0.681. The van der Waals surface area contributed by atoms with Gasteiger partial charge in [-0.2, -0.15) is 5.26 Å². The second-order valence-corrected chi connectivity index (χ2v) is 4.37. The summed E-state index contributed by atoms with van der Waals surface area (Å²) in [5, 5.41) is 8.57. The van der Waals surface area contributed by atoms with E-state index >= 15 is 0 Å². The normalized spacial score (nSPS) is 32.7. The van der Waals surface area contributed by atoms with Crippen LogP contribution in [0.4, 0.5) is 0 Å². The van der Waals surface area contributed by atoms with Crippen LogP contribution in [-0.2, 0) is 0 Å². The molecule has 1 aliphatic carbocycles. The first-order valence-electron chi connectivity index (χ1n) is 3.47. The van der Waals surface area contributed by atoms with E-state index in [9.17, 15) is 0 Å². The second-order valence-electron chi connectivity index (χ2n) is 2.77. The molecular formula is C8H10IN. The highest BCUT2D eigenvalue weighted by Crippen LogP contribution is 2.28. The van der Waals surface area contributed by atoms with Crippen molar-refractivity contribution in [2.24, 2.45) is 5.92 Å². The Morgan fingerprint density at radius 2 is 2.50 bits per heavy atom. The molecule has 0 saturated heterocycles. The highest BCUT2D eigenvalue weighted by atomic mass is 127. The molecule has 0 spiro atoms. The fourth-order valence-corrected chi connectivity index (χ4v) is 1.65. The fraction of sp³-hybridized carbons (Fsp3) is 0.625. The molecule has 2 atom stereocenters. The molecule has 0 N–H and O–H groups in total. The average Bonchev–Trinajstić information content (AvgIpc) is 1.95. The Morgan fingerprint density at radius 1 is 1.80 bits per heavy atom. The van der Waals surface area contributed by atoms with Crippen molar-refractivity contribution in [2.75, 3.05) is 0 Å². The topological polar surface area (TPSA) is 23.8 Å². The molecule has 0 fully saturated rings. The van der Waals surface area contributed by atoms with E-state index in [4.69, 9.17) is 5.26 Å². The molecule has 1 unspecified atom stereocenters. The molecule has 1 aliphatic rings. The van der Waals surface area contributed by atoms with Gasteiger partial charge in [0.25, 0.3) is 0 Å². The number of allylic oxidation sites excluding steroid dienone is 2. The van der Waals surface area contributed by atoms with Crippen molar-refractivity contribution >= 4 is 22.6 Å². The molecule has 0 amide bonds. The van der Waals surface area contributed by atoms with Gasteiger partial charge in [0.1, 0.15) is 0 Å². The molecule has 0 aromatic heterocycles. The monoisotopic (exact) mass is 247 g/mol. The van der Waals surface area contributed by atoms with Gasteiger partial charge in [0.05, 0.1) is 6.07 Å². The Hall–Kier alpha value is -0.0400. The maximum Gasteiger partial charge on any atom is 0.0943 e. The summed E-state index contributed by atoms with van der Waals surface area (Å²) in [7, 11) is 0. The molecule has 0 bridgehead atoms. The van der Waals surface area contributed by atoms with Gasteiger partial charge in [-0.1, -0.05) is 35.6 Å². The summed E-state index contributed by atoms with van der Waals surface area (Å²) in [6, 6.07) is 2.21. The number of rotatable bonds is 0. The number of halogens is 1. The third-order valence-corrected chi connectivity index (χ3v) is 3.63. The molecule has 0 heterocycles. The van der Waals surface area contributed by atoms with E-state index < -0.39 is 0 Å². The van der Waals surface area contributed by atoms with E-state index in [1.54, 1.807) is 0 Å². The summed E-state index contributed by atoms with van der Waals surface area (Å²) in [5.74, 6) is 0.681. The maximum atomic E-state index is 8.57. The first-order valence-corrected chi connectivity index (χ1v) is 4.72. The molecule has 0 aromatic carbocycles. The molecule has 2 heteroatoms. The van der Waals surface area contributed by atoms with Crippen molar-refractivity contribution in [3.05, 3.63) is 11.6 Å². The Bertz CT molecular complexity index is 190. The number of alkyl halides is 1. The molecule has 10 heavy (non-hydrogen) atoms. The molecule has 0 aromatic rings. The van der Waals surface area contributed by atoms with E-state index in [1.165, 1.54) is 0 Å². The Kier molecular flexibility index (Phi) is 2.72. The van der Waals surface area contributed by atoms with Crippen LogP contribution in [0.3, 0.4) is 0 Å². The quantitative estimate of drug-likeness (QED) is 0.477. The summed E-state index contributed by atoms with van der Waals surface area (Å²) < 4.78 is 0.731. The van der Waals surface area contributed by atoms with Crippen molar-refractivity contribution in [1.29, 1.82) is 5.26 Å². The molecule has 0 aliphatic heterocycles. The molecule has 1 rings (SSSR count). The third-order valence-electron chi connectivity index (χ3n) is 1.89. The maximum absolute atomic E-state index is 8.57. The second kappa shape index (κ2) is 3.38. The molecule has 1 nitrogen and oxygen atoms in total. The number of nitriles is 1. The highest BCUT2D eigenvalue weighted by Gasteiger charge is 2.18. The van der Waals surface area contributed by atoms with E-state index in [2.05, 4.69) is 41.7 Å². The lowest BCUT2D eigenvalue weighted by Gasteiger charge is -2.20. The van der Waals surface area contributed by atoms with Crippen LogP contribution < -0.4 is 0 Å². The lowest BCUT2D eigenvalue weighted by atomic mass is 9.91. The Morgan fingerprint density at radius 3 is 3.00 bits per heavy atom. The van der Waals surface area contributed by atoms with Crippen LogP contribution in [0.2, 0.25) is 0 Å². The van der Waals surface area contributed by atoms with Crippen LogP contribution in [-0.4, -0.2) is 3.92 Å². The van der Waals surface area contributed by atoms with Crippen LogP contribution in [0.25, 0.3) is 0 Å². The van der Waals surface area contributed by atoms with Gasteiger partial charge in [-0.3, -0.25) is 0 Å². The van der Waals surface area contributed by atoms with E-state index in [1.807, 2.05) is 0 Å². The van der Waals surface area contributed by atoms with Crippen LogP contribution >= 0.6 is 22.6 Å². The summed E-state index contributed by atoms with van der Waals surface area (Å²) >= 11 is 2.46. The van der Waals surface area contributed by atoms with Crippen molar-refractivity contribution in [3.8, 4) is 6.07 Å². The van der Waals surface area contributed by atoms with Crippen molar-refractivity contribution in [2.45, 2.75) is 23.7 Å². The smallest absolute Gasteiger partial charge is 0.0943 e. The van der Waals surface area contributed by atoms with Gasteiger partial charge < -0.3 is 0 Å². The lowest BCUT2D eigenvalue weighted by molar-refractivity contribution is 0.548. The minimum atomic E-state index is 0.681. The standard InChI is InChI=1S/C8H10IN/c1-6-4-7(5-10)2-3-8(6)9/h2,6,8H,3-4H2,1H3/t6-,8?/m0/s1. The van der Waals surface area contributed by atoms with Gasteiger partial charge in [-0.05, 0) is 18.8 Å². The predicted molar refractivity (Wildman–Crippen MR) is 49.9 cm³/mol. The molecule has 0 radical (unpaired) electrons. The summed E-state index contributed by atoms with van der Waals surface area (Å²) in [6.45, 7) is 2.21. The lowest BCUT2D eigenvalue weighted by Crippen LogP contribution is -2.14. The van der Waals surface area contributed by atoms with Crippen LogP contribution in [0.5, 0.6) is 0 Å². The number of hydrogen-bond donors (Lipinski definition) is 0. The summed E-state index contributed by atoms with van der Waals surface area (Å²) in [6.07, 6.45) is 4.12. The zero-order chi connectivity index (χ0) is 7.56. The van der Waals surface area contributed by atoms with Gasteiger partial charge in [-0.25, -0.2) is 0 Å². The molecule has 54 valence electrons. The van der Waals surface area contributed by atoms with Gasteiger partial charge in [-0.15, -0.1) is 0 Å². The van der Waals surface area contributed by atoms with Crippen molar-refractivity contribution in [1.82, 2.24) is 0 Å². The van der Waals surface area contributed by atoms with Crippen LogP contribution in [0, 0.1) is 17.2 Å². The predicted octanol–water partition coefficient (Wildman–Crippen LogP) is 2.67. The van der Waals surface area contributed by atoms with Gasteiger partial charge in [0, 0.05) is 9.50 Å². The number of hydrogen-bond acceptors (Lipinski definition) is 1. The van der Waals surface area contributed by atoms with Crippen molar-refractivity contribution < 1.29 is 0 Å². The van der Waals surface area contributed by atoms with Crippen LogP contribution in [0.15, 0.2) is 11.6 Å². The van der Waals surface area contributed by atoms with Gasteiger partial charge in [0.15, 0.2) is 0 Å². The van der Waals surface area contributed by atoms with E-state index in [-0.39, 0.29) is 0 Å². The summed E-state index contributed by atoms with van der Waals surface area (Å²) in [4.78, 5) is 0. The fourth-order valence-electron chi connectivity index (χ4n) is 1.14. The van der Waals surface area contributed by atoms with E-state index in [0.717, 1.165) is 22.3 Å². The Balaban J connectivity index is 2.63. The zero-order valence-corrected chi connectivity index (χ0v) is 8.13. The highest BCUT2D eigenvalue weighted by molar-refractivity contribution is 14.1. The average molecular weight is 247 g/mol. The van der Waals surface area contributed by atoms with Crippen LogP contribution in [0.1, 0.15) is 19.8 Å². The van der Waals surface area contributed by atoms with Crippen molar-refractivity contribution in [3.63, 3.8) is 0 Å². The Labute approximate surface area is 75.3 Å². The first kappa shape index (κ1) is 8.06.